The molecule has 0 spiro atoms. The fraction of sp³-hybridized carbons (Fsp3) is 0.615. The Morgan fingerprint density at radius 3 is 2.29 bits per heavy atom. The van der Waals surface area contributed by atoms with Crippen molar-refractivity contribution in [2.24, 2.45) is 5.92 Å². The molecule has 0 N–H and O–H groups in total. The van der Waals surface area contributed by atoms with Crippen LogP contribution in [-0.4, -0.2) is 49.7 Å². The lowest BCUT2D eigenvalue weighted by Crippen LogP contribution is -2.51. The highest BCUT2D eigenvalue weighted by Gasteiger charge is 2.31. The number of amides is 1. The highest BCUT2D eigenvalue weighted by atomic mass is 79.9. The summed E-state index contributed by atoms with van der Waals surface area (Å²) >= 11 is 4.59. The normalized spacial score (nSPS) is 17.5. The Labute approximate surface area is 138 Å². The molecule has 1 aliphatic heterocycles. The van der Waals surface area contributed by atoms with E-state index in [0.29, 0.717) is 30.4 Å². The molecule has 1 aromatic heterocycles. The molecule has 1 amide bonds. The first-order chi connectivity index (χ1) is 9.73. The number of carbonyl (C=O) groups excluding carboxylic acids is 1. The van der Waals surface area contributed by atoms with Crippen LogP contribution in [0, 0.1) is 12.8 Å². The van der Waals surface area contributed by atoms with Gasteiger partial charge in [0.1, 0.15) is 4.21 Å². The van der Waals surface area contributed by atoms with E-state index in [-0.39, 0.29) is 11.8 Å². The van der Waals surface area contributed by atoms with Gasteiger partial charge in [-0.1, -0.05) is 13.8 Å². The Balaban J connectivity index is 2.09. The number of halogens is 1. The zero-order valence-corrected chi connectivity index (χ0v) is 15.5. The minimum absolute atomic E-state index is 0.0518. The Kier molecular flexibility index (Phi) is 5.12. The van der Waals surface area contributed by atoms with Gasteiger partial charge in [0.05, 0.1) is 3.79 Å². The lowest BCUT2D eigenvalue weighted by molar-refractivity contribution is -0.135. The molecule has 0 unspecified atom stereocenters. The summed E-state index contributed by atoms with van der Waals surface area (Å²) in [4.78, 5) is 13.7. The maximum absolute atomic E-state index is 12.6. The molecule has 0 aliphatic carbocycles. The monoisotopic (exact) mass is 394 g/mol. The standard InChI is InChI=1S/C13H19BrN2O3S2/c1-9(2)13(17)15-4-6-16(7-5-15)21(18,19)11-8-10(3)12(14)20-11/h8-9H,4-7H2,1-3H3. The lowest BCUT2D eigenvalue weighted by atomic mass is 10.2. The second kappa shape index (κ2) is 6.36. The van der Waals surface area contributed by atoms with Crippen molar-refractivity contribution in [3.05, 3.63) is 15.4 Å². The first kappa shape index (κ1) is 16.9. The molecule has 1 aromatic rings. The molecule has 1 saturated heterocycles. The zero-order valence-electron chi connectivity index (χ0n) is 12.3. The van der Waals surface area contributed by atoms with Gasteiger partial charge in [0.25, 0.3) is 10.0 Å². The molecule has 1 fully saturated rings. The molecule has 0 radical (unpaired) electrons. The minimum Gasteiger partial charge on any atom is -0.340 e. The quantitative estimate of drug-likeness (QED) is 0.789. The summed E-state index contributed by atoms with van der Waals surface area (Å²) in [5.74, 6) is 0.0332. The van der Waals surface area contributed by atoms with Crippen molar-refractivity contribution >= 4 is 43.2 Å². The van der Waals surface area contributed by atoms with Crippen LogP contribution in [-0.2, 0) is 14.8 Å². The van der Waals surface area contributed by atoms with Crippen LogP contribution >= 0.6 is 27.3 Å². The first-order valence-corrected chi connectivity index (χ1v) is 9.83. The number of hydrogen-bond donors (Lipinski definition) is 0. The van der Waals surface area contributed by atoms with Crippen molar-refractivity contribution in [1.29, 1.82) is 0 Å². The predicted molar refractivity (Wildman–Crippen MR) is 86.9 cm³/mol. The topological polar surface area (TPSA) is 57.7 Å². The molecule has 0 atom stereocenters. The number of carbonyl (C=O) groups is 1. The molecule has 5 nitrogen and oxygen atoms in total. The number of nitrogens with zero attached hydrogens (tertiary/aromatic N) is 2. The molecular formula is C13H19BrN2O3S2. The van der Waals surface area contributed by atoms with Gasteiger partial charge in [0.15, 0.2) is 0 Å². The number of rotatable bonds is 3. The summed E-state index contributed by atoms with van der Waals surface area (Å²) in [5, 5.41) is 0. The van der Waals surface area contributed by atoms with E-state index >= 15 is 0 Å². The highest BCUT2D eigenvalue weighted by molar-refractivity contribution is 9.11. The second-order valence-corrected chi connectivity index (χ2v) is 9.94. The summed E-state index contributed by atoms with van der Waals surface area (Å²) in [7, 11) is -3.45. The van der Waals surface area contributed by atoms with Crippen LogP contribution in [0.3, 0.4) is 0 Å². The molecular weight excluding hydrogens is 376 g/mol. The summed E-state index contributed by atoms with van der Waals surface area (Å²) in [6.07, 6.45) is 0. The van der Waals surface area contributed by atoms with Crippen LogP contribution in [0.25, 0.3) is 0 Å². The lowest BCUT2D eigenvalue weighted by Gasteiger charge is -2.34. The van der Waals surface area contributed by atoms with Crippen LogP contribution in [0.4, 0.5) is 0 Å². The molecule has 1 aliphatic rings. The third kappa shape index (κ3) is 3.49. The van der Waals surface area contributed by atoms with E-state index in [1.165, 1.54) is 15.6 Å². The predicted octanol–water partition coefficient (Wildman–Crippen LogP) is 2.31. The van der Waals surface area contributed by atoms with E-state index < -0.39 is 10.0 Å². The van der Waals surface area contributed by atoms with Gasteiger partial charge in [0, 0.05) is 32.1 Å². The van der Waals surface area contributed by atoms with Crippen molar-refractivity contribution in [2.45, 2.75) is 25.0 Å². The van der Waals surface area contributed by atoms with Gasteiger partial charge >= 0.3 is 0 Å². The molecule has 0 bridgehead atoms. The van der Waals surface area contributed by atoms with Gasteiger partial charge in [-0.05, 0) is 34.5 Å². The van der Waals surface area contributed by atoms with Gasteiger partial charge in [-0.3, -0.25) is 4.79 Å². The molecule has 118 valence electrons. The van der Waals surface area contributed by atoms with Gasteiger partial charge < -0.3 is 4.90 Å². The average Bonchev–Trinajstić information content (AvgIpc) is 2.78. The summed E-state index contributed by atoms with van der Waals surface area (Å²) in [5.41, 5.74) is 0.923. The number of hydrogen-bond acceptors (Lipinski definition) is 4. The maximum atomic E-state index is 12.6. The fourth-order valence-electron chi connectivity index (χ4n) is 2.20. The van der Waals surface area contributed by atoms with Crippen molar-refractivity contribution in [3.8, 4) is 0 Å². The first-order valence-electron chi connectivity index (χ1n) is 6.78. The van der Waals surface area contributed by atoms with E-state index in [1.807, 2.05) is 20.8 Å². The van der Waals surface area contributed by atoms with Crippen LogP contribution in [0.15, 0.2) is 14.1 Å². The largest absolute Gasteiger partial charge is 0.340 e. The average molecular weight is 395 g/mol. The van der Waals surface area contributed by atoms with E-state index in [0.717, 1.165) is 9.35 Å². The Morgan fingerprint density at radius 2 is 1.86 bits per heavy atom. The van der Waals surface area contributed by atoms with Crippen LogP contribution in [0.5, 0.6) is 0 Å². The number of piperazine rings is 1. The Morgan fingerprint density at radius 1 is 1.29 bits per heavy atom. The highest BCUT2D eigenvalue weighted by Crippen LogP contribution is 2.32. The summed E-state index contributed by atoms with van der Waals surface area (Å²) in [6, 6.07) is 1.69. The minimum atomic E-state index is -3.45. The van der Waals surface area contributed by atoms with Crippen molar-refractivity contribution in [2.75, 3.05) is 26.2 Å². The van der Waals surface area contributed by atoms with Crippen molar-refractivity contribution in [3.63, 3.8) is 0 Å². The van der Waals surface area contributed by atoms with Crippen molar-refractivity contribution < 1.29 is 13.2 Å². The smallest absolute Gasteiger partial charge is 0.252 e. The van der Waals surface area contributed by atoms with E-state index in [1.54, 1.807) is 11.0 Å². The molecule has 0 saturated carbocycles. The molecule has 2 rings (SSSR count). The van der Waals surface area contributed by atoms with E-state index in [9.17, 15) is 13.2 Å². The molecule has 21 heavy (non-hydrogen) atoms. The van der Waals surface area contributed by atoms with Gasteiger partial charge in [-0.15, -0.1) is 11.3 Å². The Hall–Kier alpha value is -0.440. The number of thiophene rings is 1. The van der Waals surface area contributed by atoms with E-state index in [4.69, 9.17) is 0 Å². The fourth-order valence-corrected chi connectivity index (χ4v) is 6.00. The van der Waals surface area contributed by atoms with Gasteiger partial charge in [-0.2, -0.15) is 4.31 Å². The molecule has 0 aromatic carbocycles. The van der Waals surface area contributed by atoms with Gasteiger partial charge in [0.2, 0.25) is 5.91 Å². The second-order valence-electron chi connectivity index (χ2n) is 5.41. The zero-order chi connectivity index (χ0) is 15.8. The SMILES string of the molecule is Cc1cc(S(=O)(=O)N2CCN(C(=O)C(C)C)CC2)sc1Br. The van der Waals surface area contributed by atoms with E-state index in [2.05, 4.69) is 15.9 Å². The Bertz CT molecular complexity index is 612. The number of aryl methyl sites for hydroxylation is 1. The maximum Gasteiger partial charge on any atom is 0.252 e. The third-order valence-electron chi connectivity index (χ3n) is 3.47. The number of sulfonamides is 1. The van der Waals surface area contributed by atoms with Gasteiger partial charge in [-0.25, -0.2) is 8.42 Å². The van der Waals surface area contributed by atoms with Crippen LogP contribution < -0.4 is 0 Å². The third-order valence-corrected chi connectivity index (χ3v) is 7.96. The molecule has 8 heteroatoms. The van der Waals surface area contributed by atoms with Crippen LogP contribution in [0.1, 0.15) is 19.4 Å². The van der Waals surface area contributed by atoms with Crippen LogP contribution in [0.2, 0.25) is 0 Å². The van der Waals surface area contributed by atoms with Crippen molar-refractivity contribution in [1.82, 2.24) is 9.21 Å². The summed E-state index contributed by atoms with van der Waals surface area (Å²) in [6.45, 7) is 7.22. The molecule has 2 heterocycles. The summed E-state index contributed by atoms with van der Waals surface area (Å²) < 4.78 is 27.8.